The largest absolute Gasteiger partial charge is 0.280 e. The number of aromatic nitrogens is 3. The number of amides is 1. The van der Waals surface area contributed by atoms with E-state index in [1.165, 1.54) is 11.8 Å². The van der Waals surface area contributed by atoms with Crippen LogP contribution in [-0.4, -0.2) is 26.4 Å². The Kier molecular flexibility index (Phi) is 7.16. The highest BCUT2D eigenvalue weighted by molar-refractivity contribution is 7.99. The second-order valence-corrected chi connectivity index (χ2v) is 9.56. The lowest BCUT2D eigenvalue weighted by atomic mass is 10.1. The summed E-state index contributed by atoms with van der Waals surface area (Å²) in [6.45, 7) is 2.04. The second-order valence-electron chi connectivity index (χ2n) is 8.18. The molecule has 0 radical (unpaired) electrons. The molecule has 1 heterocycles. The maximum absolute atomic E-state index is 13.6. The normalized spacial score (nSPS) is 10.8. The molecule has 0 saturated heterocycles. The molecule has 0 aliphatic rings. The molecule has 5 nitrogen and oxygen atoms in total. The Bertz CT molecular complexity index is 1450. The molecule has 0 fully saturated rings. The van der Waals surface area contributed by atoms with Crippen molar-refractivity contribution in [3.63, 3.8) is 0 Å². The van der Waals surface area contributed by atoms with Crippen LogP contribution in [0.2, 0.25) is 5.02 Å². The number of anilines is 2. The van der Waals surface area contributed by atoms with Gasteiger partial charge in [-0.15, -0.1) is 10.2 Å². The SMILES string of the molecule is Cc1cccc(-c2nnc(SCC(=O)N(c3ccccc3)c3ccccc3)n2-c2cccc(Cl)c2)c1. The highest BCUT2D eigenvalue weighted by atomic mass is 35.5. The maximum Gasteiger partial charge on any atom is 0.242 e. The molecule has 4 aromatic carbocycles. The standard InChI is InChI=1S/C29H23ClN4OS/c1-21-10-8-11-22(18-21)28-31-32-29(34(28)26-17-9-12-23(30)19-26)36-20-27(35)33(24-13-4-2-5-14-24)25-15-6-3-7-16-25/h2-19H,20H2,1H3. The van der Waals surface area contributed by atoms with Gasteiger partial charge in [-0.25, -0.2) is 0 Å². The first-order valence-electron chi connectivity index (χ1n) is 11.4. The van der Waals surface area contributed by atoms with Gasteiger partial charge in [0.05, 0.1) is 11.4 Å². The molecular weight excluding hydrogens is 488 g/mol. The molecule has 36 heavy (non-hydrogen) atoms. The number of carbonyl (C=O) groups is 1. The van der Waals surface area contributed by atoms with E-state index in [0.717, 1.165) is 28.2 Å². The minimum atomic E-state index is -0.0600. The maximum atomic E-state index is 13.6. The van der Waals surface area contributed by atoms with Crippen molar-refractivity contribution in [2.24, 2.45) is 0 Å². The molecule has 0 bridgehead atoms. The van der Waals surface area contributed by atoms with Crippen molar-refractivity contribution in [3.05, 3.63) is 120 Å². The molecule has 1 amide bonds. The average molecular weight is 511 g/mol. The average Bonchev–Trinajstić information content (AvgIpc) is 3.33. The Labute approximate surface area is 219 Å². The minimum Gasteiger partial charge on any atom is -0.280 e. The number of halogens is 1. The van der Waals surface area contributed by atoms with Crippen LogP contribution in [0.4, 0.5) is 11.4 Å². The number of carbonyl (C=O) groups excluding carboxylic acids is 1. The predicted molar refractivity (Wildman–Crippen MR) is 147 cm³/mol. The Morgan fingerprint density at radius 2 is 1.50 bits per heavy atom. The summed E-state index contributed by atoms with van der Waals surface area (Å²) >= 11 is 7.67. The van der Waals surface area contributed by atoms with Crippen LogP contribution in [0.15, 0.2) is 114 Å². The van der Waals surface area contributed by atoms with E-state index >= 15 is 0 Å². The molecule has 178 valence electrons. The lowest BCUT2D eigenvalue weighted by Crippen LogP contribution is -2.27. The van der Waals surface area contributed by atoms with Crippen LogP contribution in [-0.2, 0) is 4.79 Å². The summed E-state index contributed by atoms with van der Waals surface area (Å²) in [5.74, 6) is 0.810. The highest BCUT2D eigenvalue weighted by Gasteiger charge is 2.21. The number of para-hydroxylation sites is 2. The highest BCUT2D eigenvalue weighted by Crippen LogP contribution is 2.31. The molecule has 1 aromatic heterocycles. The number of benzene rings is 4. The molecule has 5 aromatic rings. The Morgan fingerprint density at radius 3 is 2.14 bits per heavy atom. The summed E-state index contributed by atoms with van der Waals surface area (Å²) in [6.07, 6.45) is 0. The van der Waals surface area contributed by atoms with E-state index in [9.17, 15) is 4.79 Å². The topological polar surface area (TPSA) is 51.0 Å². The van der Waals surface area contributed by atoms with Crippen molar-refractivity contribution < 1.29 is 4.79 Å². The van der Waals surface area contributed by atoms with Gasteiger partial charge in [0.1, 0.15) is 0 Å². The molecule has 5 rings (SSSR count). The van der Waals surface area contributed by atoms with Crippen molar-refractivity contribution in [3.8, 4) is 17.1 Å². The first-order valence-corrected chi connectivity index (χ1v) is 12.8. The first-order chi connectivity index (χ1) is 17.6. The van der Waals surface area contributed by atoms with Crippen molar-refractivity contribution in [1.82, 2.24) is 14.8 Å². The predicted octanol–water partition coefficient (Wildman–Crippen LogP) is 7.35. The van der Waals surface area contributed by atoms with E-state index < -0.39 is 0 Å². The van der Waals surface area contributed by atoms with Crippen molar-refractivity contribution in [2.75, 3.05) is 10.7 Å². The Morgan fingerprint density at radius 1 is 0.833 bits per heavy atom. The molecule has 0 N–H and O–H groups in total. The van der Waals surface area contributed by atoms with E-state index in [-0.39, 0.29) is 11.7 Å². The van der Waals surface area contributed by atoms with Crippen LogP contribution in [0, 0.1) is 6.92 Å². The molecule has 0 saturated carbocycles. The van der Waals surface area contributed by atoms with Gasteiger partial charge in [0.2, 0.25) is 5.91 Å². The summed E-state index contributed by atoms with van der Waals surface area (Å²) in [5.41, 5.74) is 4.52. The second kappa shape index (κ2) is 10.8. The van der Waals surface area contributed by atoms with Crippen LogP contribution in [0.25, 0.3) is 17.1 Å². The lowest BCUT2D eigenvalue weighted by molar-refractivity contribution is -0.115. The van der Waals surface area contributed by atoms with Gasteiger partial charge in [0.25, 0.3) is 0 Å². The van der Waals surface area contributed by atoms with Crippen LogP contribution < -0.4 is 4.90 Å². The van der Waals surface area contributed by atoms with Crippen LogP contribution in [0.5, 0.6) is 0 Å². The number of rotatable bonds is 7. The summed E-state index contributed by atoms with van der Waals surface area (Å²) < 4.78 is 1.95. The number of hydrogen-bond acceptors (Lipinski definition) is 4. The zero-order valence-corrected chi connectivity index (χ0v) is 21.2. The molecular formula is C29H23ClN4OS. The fourth-order valence-corrected chi connectivity index (χ4v) is 4.95. The molecule has 7 heteroatoms. The summed E-state index contributed by atoms with van der Waals surface area (Å²) in [5, 5.41) is 10.2. The number of aryl methyl sites for hydroxylation is 1. The third kappa shape index (κ3) is 5.20. The smallest absolute Gasteiger partial charge is 0.242 e. The Balaban J connectivity index is 1.49. The molecule has 0 atom stereocenters. The fraction of sp³-hybridized carbons (Fsp3) is 0.0690. The van der Waals surface area contributed by atoms with Gasteiger partial charge in [-0.2, -0.15) is 0 Å². The molecule has 0 spiro atoms. The van der Waals surface area contributed by atoms with E-state index in [1.54, 1.807) is 4.90 Å². The van der Waals surface area contributed by atoms with E-state index in [2.05, 4.69) is 16.3 Å². The van der Waals surface area contributed by atoms with Gasteiger partial charge in [-0.05, 0) is 55.5 Å². The van der Waals surface area contributed by atoms with Gasteiger partial charge >= 0.3 is 0 Å². The van der Waals surface area contributed by atoms with E-state index in [4.69, 9.17) is 11.6 Å². The number of nitrogens with zero attached hydrogens (tertiary/aromatic N) is 4. The third-order valence-electron chi connectivity index (χ3n) is 5.58. The van der Waals surface area contributed by atoms with Crippen LogP contribution in [0.1, 0.15) is 5.56 Å². The van der Waals surface area contributed by atoms with Gasteiger partial charge in [-0.3, -0.25) is 14.3 Å². The van der Waals surface area contributed by atoms with Crippen LogP contribution in [0.3, 0.4) is 0 Å². The number of thioether (sulfide) groups is 1. The quantitative estimate of drug-likeness (QED) is 0.215. The summed E-state index contributed by atoms with van der Waals surface area (Å²) in [6, 6.07) is 35.0. The minimum absolute atomic E-state index is 0.0600. The van der Waals surface area contributed by atoms with Gasteiger partial charge in [0, 0.05) is 22.0 Å². The summed E-state index contributed by atoms with van der Waals surface area (Å²) in [7, 11) is 0. The third-order valence-corrected chi connectivity index (χ3v) is 6.73. The monoisotopic (exact) mass is 510 g/mol. The van der Waals surface area contributed by atoms with Gasteiger partial charge < -0.3 is 0 Å². The molecule has 0 aliphatic carbocycles. The van der Waals surface area contributed by atoms with Crippen molar-refractivity contribution >= 4 is 40.6 Å². The number of hydrogen-bond donors (Lipinski definition) is 0. The first kappa shape index (κ1) is 23.9. The molecule has 0 unspecified atom stereocenters. The zero-order valence-electron chi connectivity index (χ0n) is 19.6. The summed E-state index contributed by atoms with van der Waals surface area (Å²) in [4.78, 5) is 15.3. The Hall–Kier alpha value is -3.87. The van der Waals surface area contributed by atoms with E-state index in [0.29, 0.717) is 16.0 Å². The van der Waals surface area contributed by atoms with Crippen LogP contribution >= 0.6 is 23.4 Å². The van der Waals surface area contributed by atoms with Gasteiger partial charge in [-0.1, -0.05) is 89.6 Å². The van der Waals surface area contributed by atoms with Gasteiger partial charge in [0.15, 0.2) is 11.0 Å². The lowest BCUT2D eigenvalue weighted by Gasteiger charge is -2.23. The van der Waals surface area contributed by atoms with Crippen molar-refractivity contribution in [1.29, 1.82) is 0 Å². The zero-order chi connectivity index (χ0) is 24.9. The van der Waals surface area contributed by atoms with E-state index in [1.807, 2.05) is 115 Å². The van der Waals surface area contributed by atoms with Crippen molar-refractivity contribution in [2.45, 2.75) is 12.1 Å². The molecule has 0 aliphatic heterocycles. The fourth-order valence-electron chi connectivity index (χ4n) is 3.96.